The Morgan fingerprint density at radius 1 is 1.22 bits per heavy atom. The Morgan fingerprint density at radius 2 is 1.87 bits per heavy atom. The summed E-state index contributed by atoms with van der Waals surface area (Å²) in [6.07, 6.45) is 3.42. The fourth-order valence-corrected chi connectivity index (χ4v) is 2.81. The van der Waals surface area contributed by atoms with Gasteiger partial charge in [-0.3, -0.25) is 9.59 Å². The molecule has 0 aliphatic carbocycles. The predicted octanol–water partition coefficient (Wildman–Crippen LogP) is 0.651. The lowest BCUT2D eigenvalue weighted by Crippen LogP contribution is -2.51. The summed E-state index contributed by atoms with van der Waals surface area (Å²) in [5, 5.41) is 0.569. The van der Waals surface area contributed by atoms with Crippen molar-refractivity contribution in [3.05, 3.63) is 23.9 Å². The van der Waals surface area contributed by atoms with Gasteiger partial charge in [0, 0.05) is 39.3 Å². The van der Waals surface area contributed by atoms with Gasteiger partial charge in [-0.1, -0.05) is 0 Å². The molecular formula is C15H19N3O4S. The van der Waals surface area contributed by atoms with Gasteiger partial charge in [-0.25, -0.2) is 9.78 Å². The van der Waals surface area contributed by atoms with Gasteiger partial charge >= 0.3 is 5.97 Å². The van der Waals surface area contributed by atoms with Crippen LogP contribution in [0.15, 0.2) is 23.4 Å². The van der Waals surface area contributed by atoms with Crippen LogP contribution in [0.4, 0.5) is 0 Å². The molecule has 1 aliphatic rings. The molecule has 0 saturated carbocycles. The highest BCUT2D eigenvalue weighted by Crippen LogP contribution is 2.17. The summed E-state index contributed by atoms with van der Waals surface area (Å²) in [7, 11) is 0. The van der Waals surface area contributed by atoms with Crippen molar-refractivity contribution >= 4 is 29.5 Å². The second-order valence-corrected chi connectivity index (χ2v) is 5.82. The highest BCUT2D eigenvalue weighted by Gasteiger charge is 2.23. The first-order chi connectivity index (χ1) is 11.0. The van der Waals surface area contributed by atoms with Crippen molar-refractivity contribution < 1.29 is 19.1 Å². The molecule has 124 valence electrons. The quantitative estimate of drug-likeness (QED) is 0.593. The van der Waals surface area contributed by atoms with E-state index in [-0.39, 0.29) is 18.4 Å². The summed E-state index contributed by atoms with van der Waals surface area (Å²) in [5.41, 5.74) is 0.356. The molecule has 0 unspecified atom stereocenters. The molecule has 0 aromatic carbocycles. The van der Waals surface area contributed by atoms with E-state index in [0.29, 0.717) is 36.8 Å². The number of thioether (sulfide) groups is 1. The lowest BCUT2D eigenvalue weighted by molar-refractivity contribution is -0.140. The third-order valence-electron chi connectivity index (χ3n) is 3.59. The Balaban J connectivity index is 1.85. The van der Waals surface area contributed by atoms with E-state index >= 15 is 0 Å². The molecule has 1 aromatic heterocycles. The minimum Gasteiger partial charge on any atom is -0.452 e. The summed E-state index contributed by atoms with van der Waals surface area (Å²) >= 11 is 1.34. The fourth-order valence-electron chi connectivity index (χ4n) is 2.28. The molecule has 8 heteroatoms. The number of rotatable bonds is 4. The van der Waals surface area contributed by atoms with E-state index in [1.165, 1.54) is 18.7 Å². The van der Waals surface area contributed by atoms with Gasteiger partial charge in [0.1, 0.15) is 5.03 Å². The smallest absolute Gasteiger partial charge is 0.341 e. The summed E-state index contributed by atoms with van der Waals surface area (Å²) in [6, 6.07) is 3.27. The predicted molar refractivity (Wildman–Crippen MR) is 85.1 cm³/mol. The molecule has 23 heavy (non-hydrogen) atoms. The molecule has 0 atom stereocenters. The zero-order valence-corrected chi connectivity index (χ0v) is 14.0. The molecule has 1 fully saturated rings. The Bertz CT molecular complexity index is 600. The number of hydrogen-bond donors (Lipinski definition) is 0. The topological polar surface area (TPSA) is 79.8 Å². The summed E-state index contributed by atoms with van der Waals surface area (Å²) < 4.78 is 5.10. The van der Waals surface area contributed by atoms with Crippen molar-refractivity contribution in [1.29, 1.82) is 0 Å². The van der Waals surface area contributed by atoms with E-state index in [1.807, 2.05) is 6.26 Å². The van der Waals surface area contributed by atoms with Crippen LogP contribution >= 0.6 is 11.8 Å². The van der Waals surface area contributed by atoms with Gasteiger partial charge in [0.15, 0.2) is 6.61 Å². The molecule has 1 aliphatic heterocycles. The van der Waals surface area contributed by atoms with Crippen molar-refractivity contribution in [2.24, 2.45) is 0 Å². The number of hydrogen-bond acceptors (Lipinski definition) is 6. The zero-order valence-electron chi connectivity index (χ0n) is 13.2. The number of nitrogens with zero attached hydrogens (tertiary/aromatic N) is 3. The summed E-state index contributed by atoms with van der Waals surface area (Å²) in [5.74, 6) is -0.806. The lowest BCUT2D eigenvalue weighted by atomic mass is 10.3. The van der Waals surface area contributed by atoms with E-state index in [1.54, 1.807) is 28.1 Å². The number of carbonyl (C=O) groups is 3. The molecule has 2 heterocycles. The number of pyridine rings is 1. The number of esters is 1. The van der Waals surface area contributed by atoms with Crippen LogP contribution in [0.2, 0.25) is 0 Å². The number of amides is 2. The van der Waals surface area contributed by atoms with E-state index in [9.17, 15) is 14.4 Å². The Labute approximate surface area is 139 Å². The van der Waals surface area contributed by atoms with Crippen LogP contribution in [0.3, 0.4) is 0 Å². The molecule has 2 rings (SSSR count). The van der Waals surface area contributed by atoms with Crippen molar-refractivity contribution in [2.45, 2.75) is 11.9 Å². The Morgan fingerprint density at radius 3 is 2.48 bits per heavy atom. The van der Waals surface area contributed by atoms with E-state index in [0.717, 1.165) is 0 Å². The number of piperazine rings is 1. The molecular weight excluding hydrogens is 318 g/mol. The molecule has 0 N–H and O–H groups in total. The minimum atomic E-state index is -0.557. The molecule has 0 spiro atoms. The normalized spacial score (nSPS) is 14.5. The van der Waals surface area contributed by atoms with Crippen LogP contribution in [0.5, 0.6) is 0 Å². The first kappa shape index (κ1) is 17.3. The van der Waals surface area contributed by atoms with Gasteiger partial charge in [-0.15, -0.1) is 11.8 Å². The fraction of sp³-hybridized carbons (Fsp3) is 0.467. The Kier molecular flexibility index (Phi) is 5.97. The van der Waals surface area contributed by atoms with Gasteiger partial charge in [0.05, 0.1) is 5.56 Å². The maximum atomic E-state index is 12.1. The second kappa shape index (κ2) is 7.96. The third-order valence-corrected chi connectivity index (χ3v) is 4.30. The van der Waals surface area contributed by atoms with Crippen molar-refractivity contribution in [3.63, 3.8) is 0 Å². The van der Waals surface area contributed by atoms with Crippen LogP contribution in [-0.2, 0) is 14.3 Å². The third kappa shape index (κ3) is 4.44. The zero-order chi connectivity index (χ0) is 16.8. The van der Waals surface area contributed by atoms with Gasteiger partial charge in [0.25, 0.3) is 5.91 Å². The SMILES string of the molecule is CSc1ncccc1C(=O)OCC(=O)N1CCN(C(C)=O)CC1. The number of carbonyl (C=O) groups excluding carboxylic acids is 3. The minimum absolute atomic E-state index is 0.00435. The standard InChI is InChI=1S/C15H19N3O4S/c1-11(19)17-6-8-18(9-7-17)13(20)10-22-15(21)12-4-3-5-16-14(12)23-2/h3-5H,6-10H2,1-2H3. The molecule has 1 aromatic rings. The van der Waals surface area contributed by atoms with E-state index in [4.69, 9.17) is 4.74 Å². The molecule has 2 amide bonds. The molecule has 0 radical (unpaired) electrons. The van der Waals surface area contributed by atoms with E-state index < -0.39 is 5.97 Å². The van der Waals surface area contributed by atoms with Crippen molar-refractivity contribution in [3.8, 4) is 0 Å². The average Bonchev–Trinajstić information content (AvgIpc) is 2.59. The Hall–Kier alpha value is -2.09. The van der Waals surface area contributed by atoms with Gasteiger partial charge in [-0.2, -0.15) is 0 Å². The molecule has 1 saturated heterocycles. The van der Waals surface area contributed by atoms with Crippen LogP contribution in [0.1, 0.15) is 17.3 Å². The second-order valence-electron chi connectivity index (χ2n) is 5.02. The maximum absolute atomic E-state index is 12.1. The molecule has 0 bridgehead atoms. The van der Waals surface area contributed by atoms with Crippen molar-refractivity contribution in [2.75, 3.05) is 39.0 Å². The number of ether oxygens (including phenoxy) is 1. The highest BCUT2D eigenvalue weighted by molar-refractivity contribution is 7.98. The van der Waals surface area contributed by atoms with Crippen LogP contribution in [-0.4, -0.2) is 71.6 Å². The largest absolute Gasteiger partial charge is 0.452 e. The first-order valence-corrected chi connectivity index (χ1v) is 8.45. The van der Waals surface area contributed by atoms with Crippen LogP contribution in [0.25, 0.3) is 0 Å². The maximum Gasteiger partial charge on any atom is 0.341 e. The monoisotopic (exact) mass is 337 g/mol. The summed E-state index contributed by atoms with van der Waals surface area (Å²) in [4.78, 5) is 42.8. The van der Waals surface area contributed by atoms with Gasteiger partial charge < -0.3 is 14.5 Å². The first-order valence-electron chi connectivity index (χ1n) is 7.22. The van der Waals surface area contributed by atoms with Crippen molar-refractivity contribution in [1.82, 2.24) is 14.8 Å². The van der Waals surface area contributed by atoms with E-state index in [2.05, 4.69) is 4.98 Å². The lowest BCUT2D eigenvalue weighted by Gasteiger charge is -2.34. The van der Waals surface area contributed by atoms with Gasteiger partial charge in [0.2, 0.25) is 5.91 Å². The number of aromatic nitrogens is 1. The van der Waals surface area contributed by atoms with Crippen LogP contribution < -0.4 is 0 Å². The highest BCUT2D eigenvalue weighted by atomic mass is 32.2. The molecule has 7 nitrogen and oxygen atoms in total. The van der Waals surface area contributed by atoms with Crippen LogP contribution in [0, 0.1) is 0 Å². The average molecular weight is 337 g/mol. The van der Waals surface area contributed by atoms with Gasteiger partial charge in [-0.05, 0) is 18.4 Å². The summed E-state index contributed by atoms with van der Waals surface area (Å²) in [6.45, 7) is 3.14.